The van der Waals surface area contributed by atoms with Crippen molar-refractivity contribution in [3.05, 3.63) is 35.9 Å². The number of carbonyl (C=O) groups excluding carboxylic acids is 1. The summed E-state index contributed by atoms with van der Waals surface area (Å²) in [5, 5.41) is 6.23. The Kier molecular flexibility index (Phi) is 5.21. The molecule has 6 heteroatoms. The van der Waals surface area contributed by atoms with Crippen molar-refractivity contribution >= 4 is 22.8 Å². The zero-order valence-electron chi connectivity index (χ0n) is 8.72. The molecule has 0 saturated carbocycles. The number of nitrogens with two attached hydrogens (primary N) is 2. The van der Waals surface area contributed by atoms with Gasteiger partial charge >= 0.3 is 0 Å². The van der Waals surface area contributed by atoms with Crippen LogP contribution in [0.2, 0.25) is 0 Å². The van der Waals surface area contributed by atoms with Gasteiger partial charge in [-0.05, 0) is 5.56 Å². The summed E-state index contributed by atoms with van der Waals surface area (Å²) in [4.78, 5) is 11.4. The van der Waals surface area contributed by atoms with Gasteiger partial charge in [-0.15, -0.1) is 0 Å². The SMILES string of the molecule is NN=C(N)SCC(=O)NCc1ccccc1. The molecule has 0 spiro atoms. The fraction of sp³-hybridized carbons (Fsp3) is 0.200. The Bertz CT molecular complexity index is 366. The summed E-state index contributed by atoms with van der Waals surface area (Å²) in [7, 11) is 0. The number of amides is 1. The summed E-state index contributed by atoms with van der Waals surface area (Å²) in [6, 6.07) is 9.68. The molecule has 0 aromatic heterocycles. The Labute approximate surface area is 98.3 Å². The molecule has 5 nitrogen and oxygen atoms in total. The molecule has 0 atom stereocenters. The average molecular weight is 238 g/mol. The third-order valence-corrected chi connectivity index (χ3v) is 2.62. The highest BCUT2D eigenvalue weighted by atomic mass is 32.2. The van der Waals surface area contributed by atoms with Crippen LogP contribution in [0.1, 0.15) is 5.56 Å². The summed E-state index contributed by atoms with van der Waals surface area (Å²) in [5.74, 6) is 5.06. The number of thioether (sulfide) groups is 1. The molecule has 0 aliphatic rings. The van der Waals surface area contributed by atoms with E-state index in [-0.39, 0.29) is 16.8 Å². The molecule has 1 rings (SSSR count). The summed E-state index contributed by atoms with van der Waals surface area (Å²) in [6.07, 6.45) is 0. The van der Waals surface area contributed by atoms with E-state index < -0.39 is 0 Å². The van der Waals surface area contributed by atoms with Crippen LogP contribution in [0.25, 0.3) is 0 Å². The summed E-state index contributed by atoms with van der Waals surface area (Å²) >= 11 is 1.11. The second kappa shape index (κ2) is 6.73. The maximum absolute atomic E-state index is 11.4. The maximum atomic E-state index is 11.4. The van der Waals surface area contributed by atoms with E-state index in [4.69, 9.17) is 11.6 Å². The Morgan fingerprint density at radius 1 is 1.38 bits per heavy atom. The first kappa shape index (κ1) is 12.4. The molecule has 1 aromatic carbocycles. The van der Waals surface area contributed by atoms with Crippen LogP contribution in [-0.4, -0.2) is 16.8 Å². The lowest BCUT2D eigenvalue weighted by Gasteiger charge is -2.04. The Hall–Kier alpha value is -1.69. The van der Waals surface area contributed by atoms with Gasteiger partial charge in [0.1, 0.15) is 0 Å². The number of hydrogen-bond donors (Lipinski definition) is 3. The molecular weight excluding hydrogens is 224 g/mol. The van der Waals surface area contributed by atoms with Gasteiger partial charge in [0.25, 0.3) is 0 Å². The van der Waals surface area contributed by atoms with Crippen LogP contribution in [0, 0.1) is 0 Å². The summed E-state index contributed by atoms with van der Waals surface area (Å²) in [5.41, 5.74) is 6.39. The lowest BCUT2D eigenvalue weighted by molar-refractivity contribution is -0.118. The second-order valence-corrected chi connectivity index (χ2v) is 4.01. The fourth-order valence-electron chi connectivity index (χ4n) is 1.02. The van der Waals surface area contributed by atoms with Gasteiger partial charge in [0.05, 0.1) is 5.75 Å². The van der Waals surface area contributed by atoms with Crippen LogP contribution in [0.3, 0.4) is 0 Å². The normalized spacial score (nSPS) is 11.1. The van der Waals surface area contributed by atoms with Crippen molar-refractivity contribution in [1.29, 1.82) is 0 Å². The lowest BCUT2D eigenvalue weighted by Crippen LogP contribution is -2.26. The molecule has 0 saturated heterocycles. The van der Waals surface area contributed by atoms with E-state index in [2.05, 4.69) is 10.4 Å². The molecule has 0 fully saturated rings. The number of benzene rings is 1. The van der Waals surface area contributed by atoms with E-state index in [0.29, 0.717) is 6.54 Å². The molecule has 0 radical (unpaired) electrons. The van der Waals surface area contributed by atoms with E-state index >= 15 is 0 Å². The third-order valence-electron chi connectivity index (χ3n) is 1.81. The number of carbonyl (C=O) groups is 1. The first-order chi connectivity index (χ1) is 7.72. The van der Waals surface area contributed by atoms with Gasteiger partial charge in [0.15, 0.2) is 5.17 Å². The van der Waals surface area contributed by atoms with Crippen molar-refractivity contribution in [2.45, 2.75) is 6.54 Å². The predicted molar refractivity (Wildman–Crippen MR) is 66.6 cm³/mol. The van der Waals surface area contributed by atoms with Crippen LogP contribution >= 0.6 is 11.8 Å². The average Bonchev–Trinajstić information content (AvgIpc) is 2.34. The highest BCUT2D eigenvalue weighted by Crippen LogP contribution is 2.00. The zero-order chi connectivity index (χ0) is 11.8. The fourth-order valence-corrected chi connectivity index (χ4v) is 1.48. The molecular formula is C10H14N4OS. The largest absolute Gasteiger partial charge is 0.377 e. The predicted octanol–water partition coefficient (Wildman–Crippen LogP) is 0.224. The van der Waals surface area contributed by atoms with Crippen molar-refractivity contribution in [3.63, 3.8) is 0 Å². The molecule has 86 valence electrons. The second-order valence-electron chi connectivity index (χ2n) is 3.02. The molecule has 16 heavy (non-hydrogen) atoms. The van der Waals surface area contributed by atoms with E-state index in [1.165, 1.54) is 0 Å². The minimum atomic E-state index is -0.0968. The number of amidine groups is 1. The van der Waals surface area contributed by atoms with Crippen molar-refractivity contribution in [3.8, 4) is 0 Å². The van der Waals surface area contributed by atoms with Gasteiger partial charge in [-0.1, -0.05) is 42.1 Å². The van der Waals surface area contributed by atoms with Gasteiger partial charge in [-0.3, -0.25) is 4.79 Å². The smallest absolute Gasteiger partial charge is 0.230 e. The number of hydrazone groups is 1. The van der Waals surface area contributed by atoms with Crippen molar-refractivity contribution in [2.75, 3.05) is 5.75 Å². The molecule has 0 aliphatic heterocycles. The number of hydrogen-bond acceptors (Lipinski definition) is 4. The van der Waals surface area contributed by atoms with Crippen molar-refractivity contribution < 1.29 is 4.79 Å². The molecule has 0 bridgehead atoms. The van der Waals surface area contributed by atoms with Crippen LogP contribution in [0.5, 0.6) is 0 Å². The quantitative estimate of drug-likeness (QED) is 0.303. The van der Waals surface area contributed by atoms with Crippen LogP contribution in [-0.2, 0) is 11.3 Å². The van der Waals surface area contributed by atoms with Crippen LogP contribution in [0.4, 0.5) is 0 Å². The van der Waals surface area contributed by atoms with Gasteiger partial charge in [-0.25, -0.2) is 0 Å². The maximum Gasteiger partial charge on any atom is 0.230 e. The first-order valence-electron chi connectivity index (χ1n) is 4.69. The molecule has 1 aromatic rings. The minimum Gasteiger partial charge on any atom is -0.377 e. The number of rotatable bonds is 4. The van der Waals surface area contributed by atoms with E-state index in [0.717, 1.165) is 17.3 Å². The monoisotopic (exact) mass is 238 g/mol. The Morgan fingerprint density at radius 3 is 2.69 bits per heavy atom. The van der Waals surface area contributed by atoms with Gasteiger partial charge in [-0.2, -0.15) is 5.10 Å². The molecule has 0 heterocycles. The third kappa shape index (κ3) is 4.70. The number of nitrogens with one attached hydrogen (secondary N) is 1. The Morgan fingerprint density at radius 2 is 2.06 bits per heavy atom. The summed E-state index contributed by atoms with van der Waals surface area (Å²) < 4.78 is 0. The minimum absolute atomic E-state index is 0.0968. The molecule has 1 amide bonds. The van der Waals surface area contributed by atoms with Crippen molar-refractivity contribution in [1.82, 2.24) is 5.32 Å². The lowest BCUT2D eigenvalue weighted by atomic mass is 10.2. The van der Waals surface area contributed by atoms with Crippen LogP contribution < -0.4 is 16.9 Å². The van der Waals surface area contributed by atoms with Gasteiger partial charge in [0, 0.05) is 6.54 Å². The summed E-state index contributed by atoms with van der Waals surface area (Å²) in [6.45, 7) is 0.514. The standard InChI is InChI=1S/C10H14N4OS/c11-10(14-12)16-7-9(15)13-6-8-4-2-1-3-5-8/h1-5H,6-7,12H2,(H2,11,14)(H,13,15). The molecule has 0 aliphatic carbocycles. The Balaban J connectivity index is 2.26. The highest BCUT2D eigenvalue weighted by molar-refractivity contribution is 8.14. The topological polar surface area (TPSA) is 93.5 Å². The van der Waals surface area contributed by atoms with E-state index in [1.807, 2.05) is 30.3 Å². The van der Waals surface area contributed by atoms with Crippen molar-refractivity contribution in [2.24, 2.45) is 16.7 Å². The first-order valence-corrected chi connectivity index (χ1v) is 5.67. The zero-order valence-corrected chi connectivity index (χ0v) is 9.54. The van der Waals surface area contributed by atoms with E-state index in [1.54, 1.807) is 0 Å². The highest BCUT2D eigenvalue weighted by Gasteiger charge is 2.02. The number of nitrogens with zero attached hydrogens (tertiary/aromatic N) is 1. The molecule has 5 N–H and O–H groups in total. The van der Waals surface area contributed by atoms with Gasteiger partial charge < -0.3 is 16.9 Å². The van der Waals surface area contributed by atoms with E-state index in [9.17, 15) is 4.79 Å². The van der Waals surface area contributed by atoms with Gasteiger partial charge in [0.2, 0.25) is 5.91 Å². The molecule has 0 unspecified atom stereocenters. The van der Waals surface area contributed by atoms with Crippen LogP contribution in [0.15, 0.2) is 35.4 Å².